The van der Waals surface area contributed by atoms with Crippen molar-refractivity contribution in [3.05, 3.63) is 76.7 Å². The van der Waals surface area contributed by atoms with E-state index in [0.29, 0.717) is 12.2 Å². The Bertz CT molecular complexity index is 1090. The number of hydrogen-bond donors (Lipinski definition) is 1. The quantitative estimate of drug-likeness (QED) is 0.603. The number of rotatable bonds is 7. The number of nitrogens with one attached hydrogen (secondary N) is 1. The van der Waals surface area contributed by atoms with Gasteiger partial charge in [0.15, 0.2) is 0 Å². The lowest BCUT2D eigenvalue weighted by Gasteiger charge is -2.35. The summed E-state index contributed by atoms with van der Waals surface area (Å²) in [5.41, 5.74) is 5.32. The maximum absolute atomic E-state index is 13.1. The van der Waals surface area contributed by atoms with E-state index in [9.17, 15) is 4.79 Å². The highest BCUT2D eigenvalue weighted by molar-refractivity contribution is 5.92. The summed E-state index contributed by atoms with van der Waals surface area (Å²) in [6, 6.07) is 16.5. The van der Waals surface area contributed by atoms with Crippen molar-refractivity contribution in [2.75, 3.05) is 38.1 Å². The Morgan fingerprint density at radius 1 is 1.15 bits per heavy atom. The van der Waals surface area contributed by atoms with E-state index in [1.165, 1.54) is 16.8 Å². The van der Waals surface area contributed by atoms with E-state index in [1.807, 2.05) is 50.0 Å². The van der Waals surface area contributed by atoms with Crippen LogP contribution in [0.5, 0.6) is 0 Å². The molecule has 1 aliphatic rings. The largest absolute Gasteiger partial charge is 0.353 e. The molecule has 1 aromatic carbocycles. The van der Waals surface area contributed by atoms with Crippen LogP contribution in [0.1, 0.15) is 45.5 Å². The van der Waals surface area contributed by atoms with Crippen molar-refractivity contribution >= 4 is 11.7 Å². The Hall–Kier alpha value is -3.19. The minimum Gasteiger partial charge on any atom is -0.353 e. The van der Waals surface area contributed by atoms with Crippen molar-refractivity contribution in [3.63, 3.8) is 0 Å². The molecule has 33 heavy (non-hydrogen) atoms. The van der Waals surface area contributed by atoms with Gasteiger partial charge < -0.3 is 15.1 Å². The van der Waals surface area contributed by atoms with Crippen LogP contribution in [0, 0.1) is 13.8 Å². The summed E-state index contributed by atoms with van der Waals surface area (Å²) in [7, 11) is 3.83. The van der Waals surface area contributed by atoms with Crippen LogP contribution in [0.3, 0.4) is 0 Å². The van der Waals surface area contributed by atoms with E-state index in [1.54, 1.807) is 4.90 Å². The minimum atomic E-state index is -0.0359. The summed E-state index contributed by atoms with van der Waals surface area (Å²) >= 11 is 0. The molecule has 4 rings (SSSR count). The molecular weight excluding hydrogens is 412 g/mol. The minimum absolute atomic E-state index is 0.0359. The maximum atomic E-state index is 13.1. The number of carbonyl (C=O) groups is 1. The normalized spacial score (nSPS) is 16.1. The second-order valence-electron chi connectivity index (χ2n) is 8.85. The number of piperazine rings is 1. The van der Waals surface area contributed by atoms with Crippen molar-refractivity contribution in [1.29, 1.82) is 0 Å². The van der Waals surface area contributed by atoms with Crippen molar-refractivity contribution < 1.29 is 4.79 Å². The van der Waals surface area contributed by atoms with Crippen LogP contribution in [0.4, 0.5) is 5.82 Å². The van der Waals surface area contributed by atoms with Crippen LogP contribution in [0.15, 0.2) is 48.5 Å². The first-order valence-electron chi connectivity index (χ1n) is 11.7. The summed E-state index contributed by atoms with van der Waals surface area (Å²) in [4.78, 5) is 21.8. The van der Waals surface area contributed by atoms with E-state index in [2.05, 4.69) is 46.5 Å². The average Bonchev–Trinajstić information content (AvgIpc) is 3.10. The summed E-state index contributed by atoms with van der Waals surface area (Å²) < 4.78 is 1.92. The van der Waals surface area contributed by atoms with Gasteiger partial charge in [0.2, 0.25) is 0 Å². The lowest BCUT2D eigenvalue weighted by molar-refractivity contribution is 0.0788. The SMILES string of the molecule is Cc1nn(C)c(C)c1CCCN(C)C(=O)c1cccc(N2CCNC(c3ccccc3)C2)n1. The first kappa shape index (κ1) is 23.0. The van der Waals surface area contributed by atoms with E-state index in [-0.39, 0.29) is 11.9 Å². The molecular formula is C26H34N6O. The number of benzene rings is 1. The van der Waals surface area contributed by atoms with Gasteiger partial charge in [0.25, 0.3) is 5.91 Å². The fraction of sp³-hybridized carbons (Fsp3) is 0.423. The molecule has 0 saturated carbocycles. The standard InChI is InChI=1S/C26H34N6O/c1-19-22(20(2)31(4)29-19)12-9-16-30(3)26(33)23-13-8-14-25(28-23)32-17-15-27-24(18-32)21-10-6-5-7-11-21/h5-8,10-11,13-14,24,27H,9,12,15-18H2,1-4H3. The molecule has 7 heteroatoms. The van der Waals surface area contributed by atoms with Gasteiger partial charge in [-0.25, -0.2) is 4.98 Å². The van der Waals surface area contributed by atoms with Gasteiger partial charge in [-0.2, -0.15) is 5.10 Å². The topological polar surface area (TPSA) is 66.3 Å². The van der Waals surface area contributed by atoms with Crippen LogP contribution in [0.2, 0.25) is 0 Å². The Morgan fingerprint density at radius 2 is 1.94 bits per heavy atom. The Balaban J connectivity index is 1.37. The molecule has 1 N–H and O–H groups in total. The number of aromatic nitrogens is 3. The summed E-state index contributed by atoms with van der Waals surface area (Å²) in [5, 5.41) is 8.07. The smallest absolute Gasteiger partial charge is 0.272 e. The van der Waals surface area contributed by atoms with Gasteiger partial charge in [0.05, 0.1) is 5.69 Å². The third-order valence-electron chi connectivity index (χ3n) is 6.58. The summed E-state index contributed by atoms with van der Waals surface area (Å²) in [5.74, 6) is 0.824. The van der Waals surface area contributed by atoms with Crippen LogP contribution < -0.4 is 10.2 Å². The summed E-state index contributed by atoms with van der Waals surface area (Å²) in [6.45, 7) is 7.40. The molecule has 0 spiro atoms. The summed E-state index contributed by atoms with van der Waals surface area (Å²) in [6.07, 6.45) is 1.81. The van der Waals surface area contributed by atoms with Crippen molar-refractivity contribution in [1.82, 2.24) is 25.0 Å². The molecule has 7 nitrogen and oxygen atoms in total. The van der Waals surface area contributed by atoms with E-state index >= 15 is 0 Å². The predicted molar refractivity (Wildman–Crippen MR) is 132 cm³/mol. The highest BCUT2D eigenvalue weighted by atomic mass is 16.2. The number of aryl methyl sites for hydroxylation is 2. The highest BCUT2D eigenvalue weighted by Gasteiger charge is 2.23. The van der Waals surface area contributed by atoms with E-state index in [4.69, 9.17) is 4.98 Å². The second-order valence-corrected chi connectivity index (χ2v) is 8.85. The van der Waals surface area contributed by atoms with Crippen LogP contribution >= 0.6 is 0 Å². The zero-order chi connectivity index (χ0) is 23.4. The van der Waals surface area contributed by atoms with Crippen molar-refractivity contribution in [3.8, 4) is 0 Å². The number of hydrogen-bond acceptors (Lipinski definition) is 5. The monoisotopic (exact) mass is 446 g/mol. The molecule has 2 aromatic heterocycles. The van der Waals surface area contributed by atoms with Gasteiger partial charge >= 0.3 is 0 Å². The fourth-order valence-corrected chi connectivity index (χ4v) is 4.55. The van der Waals surface area contributed by atoms with Gasteiger partial charge in [-0.1, -0.05) is 36.4 Å². The van der Waals surface area contributed by atoms with E-state index in [0.717, 1.165) is 44.0 Å². The Morgan fingerprint density at radius 3 is 2.67 bits per heavy atom. The molecule has 3 aromatic rings. The molecule has 1 fully saturated rings. The fourth-order valence-electron chi connectivity index (χ4n) is 4.55. The lowest BCUT2D eigenvalue weighted by atomic mass is 10.0. The zero-order valence-corrected chi connectivity index (χ0v) is 20.1. The second kappa shape index (κ2) is 10.2. The number of amides is 1. The molecule has 0 radical (unpaired) electrons. The molecule has 1 saturated heterocycles. The van der Waals surface area contributed by atoms with E-state index < -0.39 is 0 Å². The molecule has 174 valence electrons. The third kappa shape index (κ3) is 5.25. The molecule has 1 aliphatic heterocycles. The number of anilines is 1. The van der Waals surface area contributed by atoms with Gasteiger partial charge in [-0.15, -0.1) is 0 Å². The van der Waals surface area contributed by atoms with Gasteiger partial charge in [0, 0.05) is 52.0 Å². The number of nitrogens with zero attached hydrogens (tertiary/aromatic N) is 5. The van der Waals surface area contributed by atoms with Gasteiger partial charge in [-0.3, -0.25) is 9.48 Å². The van der Waals surface area contributed by atoms with Gasteiger partial charge in [0.1, 0.15) is 11.5 Å². The zero-order valence-electron chi connectivity index (χ0n) is 20.1. The van der Waals surface area contributed by atoms with Crippen LogP contribution in [-0.4, -0.2) is 58.8 Å². The first-order chi connectivity index (χ1) is 15.9. The molecule has 1 amide bonds. The maximum Gasteiger partial charge on any atom is 0.272 e. The molecule has 1 atom stereocenters. The van der Waals surface area contributed by atoms with Crippen LogP contribution in [0.25, 0.3) is 0 Å². The Labute approximate surface area is 196 Å². The predicted octanol–water partition coefficient (Wildman–Crippen LogP) is 3.29. The Kier molecular flexibility index (Phi) is 7.08. The molecule has 3 heterocycles. The van der Waals surface area contributed by atoms with Gasteiger partial charge in [-0.05, 0) is 49.9 Å². The molecule has 0 aliphatic carbocycles. The molecule has 1 unspecified atom stereocenters. The first-order valence-corrected chi connectivity index (χ1v) is 11.7. The van der Waals surface area contributed by atoms with Crippen molar-refractivity contribution in [2.24, 2.45) is 7.05 Å². The average molecular weight is 447 g/mol. The third-order valence-corrected chi connectivity index (χ3v) is 6.58. The lowest BCUT2D eigenvalue weighted by Crippen LogP contribution is -2.46. The van der Waals surface area contributed by atoms with Crippen LogP contribution in [-0.2, 0) is 13.5 Å². The molecule has 0 bridgehead atoms. The highest BCUT2D eigenvalue weighted by Crippen LogP contribution is 2.22. The van der Waals surface area contributed by atoms with Crippen molar-refractivity contribution in [2.45, 2.75) is 32.7 Å². The number of carbonyl (C=O) groups excluding carboxylic acids is 1. The number of pyridine rings is 1.